The normalized spacial score (nSPS) is 17.8. The van der Waals surface area contributed by atoms with Gasteiger partial charge in [0.1, 0.15) is 0 Å². The summed E-state index contributed by atoms with van der Waals surface area (Å²) >= 11 is 5.96. The van der Waals surface area contributed by atoms with Gasteiger partial charge in [0.05, 0.1) is 6.54 Å². The van der Waals surface area contributed by atoms with Crippen molar-refractivity contribution in [2.24, 2.45) is 5.41 Å². The van der Waals surface area contributed by atoms with Crippen molar-refractivity contribution in [3.05, 3.63) is 23.2 Å². The molecule has 0 spiro atoms. The van der Waals surface area contributed by atoms with Crippen molar-refractivity contribution in [3.63, 3.8) is 0 Å². The minimum absolute atomic E-state index is 0.267. The molecule has 6 heteroatoms. The van der Waals surface area contributed by atoms with Crippen LogP contribution in [0.4, 0.5) is 5.69 Å². The first kappa shape index (κ1) is 14.3. The lowest BCUT2D eigenvalue weighted by Crippen LogP contribution is -2.27. The van der Waals surface area contributed by atoms with Gasteiger partial charge in [0.15, 0.2) is 5.82 Å². The summed E-state index contributed by atoms with van der Waals surface area (Å²) in [5, 5.41) is 12.8. The van der Waals surface area contributed by atoms with E-state index in [4.69, 9.17) is 17.3 Å². The molecule has 1 heterocycles. The molecule has 112 valence electrons. The molecule has 0 radical (unpaired) electrons. The second-order valence-corrected chi connectivity index (χ2v) is 6.70. The number of hydrogen-bond donors (Lipinski definition) is 1. The van der Waals surface area contributed by atoms with Crippen LogP contribution in [0.15, 0.2) is 18.2 Å². The number of anilines is 1. The fraction of sp³-hybridized carbons (Fsp3) is 0.533. The molecule has 0 unspecified atom stereocenters. The lowest BCUT2D eigenvalue weighted by Gasteiger charge is -2.33. The highest BCUT2D eigenvalue weighted by atomic mass is 35.5. The molecule has 0 amide bonds. The summed E-state index contributed by atoms with van der Waals surface area (Å²) in [7, 11) is 0. The van der Waals surface area contributed by atoms with Gasteiger partial charge >= 0.3 is 0 Å². The third kappa shape index (κ3) is 3.02. The van der Waals surface area contributed by atoms with Crippen LogP contribution >= 0.6 is 11.6 Å². The number of nitrogens with two attached hydrogens (primary N) is 1. The van der Waals surface area contributed by atoms with Crippen LogP contribution in [0.2, 0.25) is 5.02 Å². The predicted octanol–water partition coefficient (Wildman–Crippen LogP) is 3.55. The van der Waals surface area contributed by atoms with E-state index in [1.807, 2.05) is 16.8 Å². The van der Waals surface area contributed by atoms with E-state index in [0.29, 0.717) is 10.7 Å². The molecule has 1 fully saturated rings. The van der Waals surface area contributed by atoms with Crippen molar-refractivity contribution in [2.75, 3.05) is 5.73 Å². The van der Waals surface area contributed by atoms with Gasteiger partial charge in [-0.15, -0.1) is 5.10 Å². The summed E-state index contributed by atoms with van der Waals surface area (Å²) in [4.78, 5) is 0. The van der Waals surface area contributed by atoms with Crippen LogP contribution in [0.1, 0.15) is 39.0 Å². The van der Waals surface area contributed by atoms with Crippen LogP contribution in [0.25, 0.3) is 11.4 Å². The Morgan fingerprint density at radius 2 is 2.05 bits per heavy atom. The van der Waals surface area contributed by atoms with Gasteiger partial charge in [-0.3, -0.25) is 0 Å². The van der Waals surface area contributed by atoms with Gasteiger partial charge < -0.3 is 5.73 Å². The van der Waals surface area contributed by atoms with Crippen LogP contribution in [-0.2, 0) is 6.54 Å². The number of hydrogen-bond acceptors (Lipinski definition) is 4. The zero-order valence-electron chi connectivity index (χ0n) is 12.2. The Kier molecular flexibility index (Phi) is 3.85. The Morgan fingerprint density at radius 3 is 2.76 bits per heavy atom. The highest BCUT2D eigenvalue weighted by Crippen LogP contribution is 2.38. The molecule has 0 aliphatic heterocycles. The molecule has 1 aliphatic carbocycles. The van der Waals surface area contributed by atoms with Crippen molar-refractivity contribution >= 4 is 17.3 Å². The highest BCUT2D eigenvalue weighted by Gasteiger charge is 2.29. The van der Waals surface area contributed by atoms with Gasteiger partial charge in [-0.1, -0.05) is 37.8 Å². The van der Waals surface area contributed by atoms with Gasteiger partial charge in [0.25, 0.3) is 0 Å². The molecule has 3 rings (SSSR count). The van der Waals surface area contributed by atoms with Crippen molar-refractivity contribution < 1.29 is 0 Å². The summed E-state index contributed by atoms with van der Waals surface area (Å²) in [6.07, 6.45) is 6.36. The van der Waals surface area contributed by atoms with Crippen LogP contribution in [-0.4, -0.2) is 20.2 Å². The molecule has 0 bridgehead atoms. The summed E-state index contributed by atoms with van der Waals surface area (Å²) in [5.74, 6) is 0.718. The van der Waals surface area contributed by atoms with E-state index >= 15 is 0 Å². The van der Waals surface area contributed by atoms with Crippen LogP contribution < -0.4 is 5.73 Å². The van der Waals surface area contributed by atoms with E-state index in [-0.39, 0.29) is 5.41 Å². The van der Waals surface area contributed by atoms with Gasteiger partial charge in [0.2, 0.25) is 0 Å². The van der Waals surface area contributed by atoms with E-state index in [1.54, 1.807) is 6.07 Å². The largest absolute Gasteiger partial charge is 0.398 e. The van der Waals surface area contributed by atoms with Gasteiger partial charge in [0, 0.05) is 16.3 Å². The van der Waals surface area contributed by atoms with Crippen LogP contribution in [0, 0.1) is 5.41 Å². The molecule has 2 N–H and O–H groups in total. The maximum Gasteiger partial charge on any atom is 0.184 e. The minimum atomic E-state index is 0.267. The molecule has 1 aromatic heterocycles. The Hall–Kier alpha value is -1.62. The SMILES string of the molecule is CC1(Cn2nnnc2-c2ccc(Cl)cc2N)CCCCC1. The number of nitrogens with zero attached hydrogens (tertiary/aromatic N) is 4. The van der Waals surface area contributed by atoms with Crippen molar-refractivity contribution in [2.45, 2.75) is 45.6 Å². The summed E-state index contributed by atoms with van der Waals surface area (Å²) < 4.78 is 1.88. The third-order valence-corrected chi connectivity index (χ3v) is 4.61. The van der Waals surface area contributed by atoms with Crippen LogP contribution in [0.5, 0.6) is 0 Å². The molecule has 5 nitrogen and oxygen atoms in total. The van der Waals surface area contributed by atoms with E-state index in [2.05, 4.69) is 22.4 Å². The maximum absolute atomic E-state index is 6.05. The van der Waals surface area contributed by atoms with Crippen molar-refractivity contribution in [3.8, 4) is 11.4 Å². The second kappa shape index (κ2) is 5.64. The molecule has 1 saturated carbocycles. The van der Waals surface area contributed by atoms with Crippen molar-refractivity contribution in [1.29, 1.82) is 0 Å². The number of benzene rings is 1. The van der Waals surface area contributed by atoms with E-state index < -0.39 is 0 Å². The number of nitrogen functional groups attached to an aromatic ring is 1. The van der Waals surface area contributed by atoms with Gasteiger partial charge in [-0.2, -0.15) is 0 Å². The Bertz CT molecular complexity index is 631. The predicted molar refractivity (Wildman–Crippen MR) is 83.9 cm³/mol. The Labute approximate surface area is 129 Å². The molecule has 0 saturated heterocycles. The monoisotopic (exact) mass is 305 g/mol. The standard InChI is InChI=1S/C15H20ClN5/c1-15(7-3-2-4-8-15)10-21-14(18-19-20-21)12-6-5-11(16)9-13(12)17/h5-6,9H,2-4,7-8,10,17H2,1H3. The first-order valence-electron chi connectivity index (χ1n) is 7.39. The topological polar surface area (TPSA) is 69.6 Å². The summed E-state index contributed by atoms with van der Waals surface area (Å²) in [5.41, 5.74) is 7.76. The van der Waals surface area contributed by atoms with Crippen LogP contribution in [0.3, 0.4) is 0 Å². The molecule has 1 aliphatic rings. The lowest BCUT2D eigenvalue weighted by molar-refractivity contribution is 0.175. The number of aromatic nitrogens is 4. The number of halogens is 1. The van der Waals surface area contributed by atoms with E-state index in [9.17, 15) is 0 Å². The number of rotatable bonds is 3. The smallest absolute Gasteiger partial charge is 0.184 e. The Morgan fingerprint density at radius 1 is 1.29 bits per heavy atom. The highest BCUT2D eigenvalue weighted by molar-refractivity contribution is 6.31. The first-order chi connectivity index (χ1) is 10.1. The average Bonchev–Trinajstić information content (AvgIpc) is 2.87. The molecular weight excluding hydrogens is 286 g/mol. The minimum Gasteiger partial charge on any atom is -0.398 e. The van der Waals surface area contributed by atoms with Gasteiger partial charge in [-0.25, -0.2) is 4.68 Å². The van der Waals surface area contributed by atoms with E-state index in [0.717, 1.165) is 17.9 Å². The quantitative estimate of drug-likeness (QED) is 0.880. The molecule has 2 aromatic rings. The Balaban J connectivity index is 1.90. The summed E-state index contributed by atoms with van der Waals surface area (Å²) in [6.45, 7) is 3.15. The zero-order chi connectivity index (χ0) is 14.9. The van der Waals surface area contributed by atoms with E-state index in [1.165, 1.54) is 32.1 Å². The maximum atomic E-state index is 6.05. The van der Waals surface area contributed by atoms with Gasteiger partial charge in [-0.05, 0) is 46.9 Å². The molecule has 0 atom stereocenters. The second-order valence-electron chi connectivity index (χ2n) is 6.26. The fourth-order valence-electron chi connectivity index (χ4n) is 3.17. The molecule has 1 aromatic carbocycles. The molecular formula is C15H20ClN5. The lowest BCUT2D eigenvalue weighted by atomic mass is 9.76. The zero-order valence-corrected chi connectivity index (χ0v) is 13.0. The molecule has 21 heavy (non-hydrogen) atoms. The average molecular weight is 306 g/mol. The number of tetrazole rings is 1. The third-order valence-electron chi connectivity index (χ3n) is 4.38. The fourth-order valence-corrected chi connectivity index (χ4v) is 3.35. The summed E-state index contributed by atoms with van der Waals surface area (Å²) in [6, 6.07) is 5.43. The first-order valence-corrected chi connectivity index (χ1v) is 7.77. The van der Waals surface area contributed by atoms with Crippen molar-refractivity contribution in [1.82, 2.24) is 20.2 Å².